The molecule has 3 nitrogen and oxygen atoms in total. The Balaban J connectivity index is 1.79. The van der Waals surface area contributed by atoms with Crippen LogP contribution in [0.5, 0.6) is 0 Å². The summed E-state index contributed by atoms with van der Waals surface area (Å²) < 4.78 is 1.01. The number of anilines is 1. The van der Waals surface area contributed by atoms with Crippen LogP contribution in [0.15, 0.2) is 46.9 Å². The summed E-state index contributed by atoms with van der Waals surface area (Å²) in [6, 6.07) is 13.7. The molecule has 2 aromatic rings. The second-order valence-electron chi connectivity index (χ2n) is 5.31. The van der Waals surface area contributed by atoms with Crippen molar-refractivity contribution in [1.82, 2.24) is 0 Å². The van der Waals surface area contributed by atoms with Gasteiger partial charge in [0.15, 0.2) is 0 Å². The van der Waals surface area contributed by atoms with Gasteiger partial charge < -0.3 is 10.4 Å². The van der Waals surface area contributed by atoms with Gasteiger partial charge in [-0.15, -0.1) is 0 Å². The molecule has 1 aliphatic heterocycles. The van der Waals surface area contributed by atoms with Gasteiger partial charge in [0.25, 0.3) is 0 Å². The maximum Gasteiger partial charge on any atom is 0.224 e. The van der Waals surface area contributed by atoms with Crippen LogP contribution in [0, 0.1) is 0 Å². The van der Waals surface area contributed by atoms with Crippen molar-refractivity contribution in [3.05, 3.63) is 63.6 Å². The molecule has 1 amide bonds. The Kier molecular flexibility index (Phi) is 4.08. The third-order valence-electron chi connectivity index (χ3n) is 3.73. The van der Waals surface area contributed by atoms with Crippen molar-refractivity contribution in [3.8, 4) is 0 Å². The topological polar surface area (TPSA) is 49.3 Å². The minimum atomic E-state index is -0.540. The Morgan fingerprint density at radius 3 is 2.86 bits per heavy atom. The molecule has 108 valence electrons. The van der Waals surface area contributed by atoms with Crippen LogP contribution in [0.3, 0.4) is 0 Å². The Hall–Kier alpha value is -1.65. The molecule has 1 unspecified atom stereocenters. The van der Waals surface area contributed by atoms with Gasteiger partial charge >= 0.3 is 0 Å². The molecule has 0 fully saturated rings. The third kappa shape index (κ3) is 3.34. The quantitative estimate of drug-likeness (QED) is 0.892. The predicted octanol–water partition coefficient (Wildman–Crippen LogP) is 3.61. The molecule has 0 radical (unpaired) electrons. The van der Waals surface area contributed by atoms with Crippen molar-refractivity contribution in [2.75, 3.05) is 5.32 Å². The lowest BCUT2D eigenvalue weighted by atomic mass is 9.95. The Bertz CT molecular complexity index is 684. The number of aryl methyl sites for hydroxylation is 1. The number of halogens is 1. The Labute approximate surface area is 132 Å². The molecular weight excluding hydrogens is 330 g/mol. The maximum atomic E-state index is 11.4. The summed E-state index contributed by atoms with van der Waals surface area (Å²) in [7, 11) is 0. The normalized spacial score (nSPS) is 15.2. The van der Waals surface area contributed by atoms with Crippen LogP contribution >= 0.6 is 15.9 Å². The first-order valence-corrected chi connectivity index (χ1v) is 7.76. The zero-order chi connectivity index (χ0) is 14.8. The van der Waals surface area contributed by atoms with E-state index < -0.39 is 6.10 Å². The van der Waals surface area contributed by atoms with Gasteiger partial charge in [0.05, 0.1) is 6.10 Å². The monoisotopic (exact) mass is 345 g/mol. The molecule has 0 aromatic heterocycles. The van der Waals surface area contributed by atoms with E-state index in [4.69, 9.17) is 0 Å². The number of aliphatic hydroxyl groups is 1. The van der Waals surface area contributed by atoms with Gasteiger partial charge in [0.2, 0.25) is 5.91 Å². The van der Waals surface area contributed by atoms with Gasteiger partial charge in [0.1, 0.15) is 0 Å². The highest BCUT2D eigenvalue weighted by molar-refractivity contribution is 9.10. The third-order valence-corrected chi connectivity index (χ3v) is 4.22. The van der Waals surface area contributed by atoms with Crippen molar-refractivity contribution < 1.29 is 9.90 Å². The van der Waals surface area contributed by atoms with Crippen LogP contribution < -0.4 is 5.32 Å². The summed E-state index contributed by atoms with van der Waals surface area (Å²) >= 11 is 3.44. The van der Waals surface area contributed by atoms with Crippen molar-refractivity contribution >= 4 is 27.5 Å². The van der Waals surface area contributed by atoms with E-state index >= 15 is 0 Å². The predicted molar refractivity (Wildman–Crippen MR) is 86.2 cm³/mol. The molecule has 21 heavy (non-hydrogen) atoms. The second-order valence-corrected chi connectivity index (χ2v) is 6.23. The number of hydrogen-bond donors (Lipinski definition) is 2. The first kappa shape index (κ1) is 14.3. The van der Waals surface area contributed by atoms with Crippen LogP contribution in [0.25, 0.3) is 0 Å². The lowest BCUT2D eigenvalue weighted by Crippen LogP contribution is -2.19. The highest BCUT2D eigenvalue weighted by atomic mass is 79.9. The molecular formula is C17H16BrNO2. The molecule has 2 N–H and O–H groups in total. The zero-order valence-corrected chi connectivity index (χ0v) is 13.1. The number of hydrogen-bond acceptors (Lipinski definition) is 2. The van der Waals surface area contributed by atoms with Crippen LogP contribution in [0.1, 0.15) is 29.2 Å². The number of aliphatic hydroxyl groups excluding tert-OH is 1. The average molecular weight is 346 g/mol. The van der Waals surface area contributed by atoms with Gasteiger partial charge in [-0.05, 0) is 41.3 Å². The molecule has 0 bridgehead atoms. The minimum Gasteiger partial charge on any atom is -0.388 e. The maximum absolute atomic E-state index is 11.4. The number of carbonyl (C=O) groups is 1. The molecule has 1 aliphatic rings. The largest absolute Gasteiger partial charge is 0.388 e. The fourth-order valence-corrected chi connectivity index (χ4v) is 3.06. The number of nitrogens with one attached hydrogen (secondary N) is 1. The van der Waals surface area contributed by atoms with Gasteiger partial charge in [0, 0.05) is 23.0 Å². The highest BCUT2D eigenvalue weighted by Gasteiger charge is 2.17. The first-order valence-electron chi connectivity index (χ1n) is 6.97. The van der Waals surface area contributed by atoms with Gasteiger partial charge in [-0.2, -0.15) is 0 Å². The van der Waals surface area contributed by atoms with Crippen LogP contribution in [-0.2, 0) is 17.6 Å². The lowest BCUT2D eigenvalue weighted by molar-refractivity contribution is -0.116. The lowest BCUT2D eigenvalue weighted by Gasteiger charge is -2.19. The summed E-state index contributed by atoms with van der Waals surface area (Å²) in [6.45, 7) is 0. The molecule has 4 heteroatoms. The van der Waals surface area contributed by atoms with Gasteiger partial charge in [-0.3, -0.25) is 4.79 Å². The summed E-state index contributed by atoms with van der Waals surface area (Å²) in [5, 5.41) is 13.3. The first-order chi connectivity index (χ1) is 10.1. The smallest absolute Gasteiger partial charge is 0.224 e. The molecule has 0 spiro atoms. The van der Waals surface area contributed by atoms with Gasteiger partial charge in [-0.1, -0.05) is 40.2 Å². The number of fused-ring (bicyclic) bond motifs is 1. The number of amides is 1. The van der Waals surface area contributed by atoms with Crippen LogP contribution in [-0.4, -0.2) is 11.0 Å². The standard InChI is InChI=1S/C17H16BrNO2/c18-14-3-1-2-11(8-14)9-16(20)13-4-6-15-12(10-13)5-7-17(21)19-15/h1-4,6,8,10,16,20H,5,7,9H2,(H,19,21). The highest BCUT2D eigenvalue weighted by Crippen LogP contribution is 2.28. The van der Waals surface area contributed by atoms with E-state index in [9.17, 15) is 9.90 Å². The summed E-state index contributed by atoms with van der Waals surface area (Å²) in [4.78, 5) is 11.4. The minimum absolute atomic E-state index is 0.0601. The average Bonchev–Trinajstić information content (AvgIpc) is 2.46. The van der Waals surface area contributed by atoms with Crippen LogP contribution in [0.2, 0.25) is 0 Å². The molecule has 2 aromatic carbocycles. The summed E-state index contributed by atoms with van der Waals surface area (Å²) in [5.74, 6) is 0.0601. The fraction of sp³-hybridized carbons (Fsp3) is 0.235. The molecule has 3 rings (SSSR count). The fourth-order valence-electron chi connectivity index (χ4n) is 2.62. The molecule has 0 saturated carbocycles. The van der Waals surface area contributed by atoms with E-state index in [0.717, 1.165) is 33.3 Å². The van der Waals surface area contributed by atoms with Crippen molar-refractivity contribution in [1.29, 1.82) is 0 Å². The number of benzene rings is 2. The van der Waals surface area contributed by atoms with Crippen molar-refractivity contribution in [2.24, 2.45) is 0 Å². The molecule has 1 atom stereocenters. The number of rotatable bonds is 3. The van der Waals surface area contributed by atoms with E-state index in [1.807, 2.05) is 42.5 Å². The summed E-state index contributed by atoms with van der Waals surface area (Å²) in [5.41, 5.74) is 3.94. The molecule has 0 aliphatic carbocycles. The van der Waals surface area contributed by atoms with E-state index in [1.165, 1.54) is 0 Å². The van der Waals surface area contributed by atoms with Gasteiger partial charge in [-0.25, -0.2) is 0 Å². The second kappa shape index (κ2) is 6.00. The van der Waals surface area contributed by atoms with Crippen molar-refractivity contribution in [2.45, 2.75) is 25.4 Å². The SMILES string of the molecule is O=C1CCc2cc(C(O)Cc3cccc(Br)c3)ccc2N1. The molecule has 0 saturated heterocycles. The van der Waals surface area contributed by atoms with Crippen molar-refractivity contribution in [3.63, 3.8) is 0 Å². The zero-order valence-electron chi connectivity index (χ0n) is 11.5. The number of carbonyl (C=O) groups excluding carboxylic acids is 1. The van der Waals surface area contributed by atoms with E-state index in [1.54, 1.807) is 0 Å². The van der Waals surface area contributed by atoms with E-state index in [2.05, 4.69) is 21.2 Å². The van der Waals surface area contributed by atoms with E-state index in [-0.39, 0.29) is 5.91 Å². The Morgan fingerprint density at radius 2 is 2.05 bits per heavy atom. The summed E-state index contributed by atoms with van der Waals surface area (Å²) in [6.07, 6.45) is 1.28. The molecule has 1 heterocycles. The van der Waals surface area contributed by atoms with Crippen LogP contribution in [0.4, 0.5) is 5.69 Å². The Morgan fingerprint density at radius 1 is 1.19 bits per heavy atom. The van der Waals surface area contributed by atoms with E-state index in [0.29, 0.717) is 12.8 Å².